The Morgan fingerprint density at radius 3 is 2.22 bits per heavy atom. The van der Waals surface area contributed by atoms with Crippen molar-refractivity contribution in [3.05, 3.63) is 63.9 Å². The summed E-state index contributed by atoms with van der Waals surface area (Å²) in [6, 6.07) is 12.0. The number of aliphatic hydroxyl groups is 5. The number of likely N-dealkylation sites (N-methyl/N-ethyl adjacent to an activating group) is 1. The van der Waals surface area contributed by atoms with Crippen LogP contribution in [0, 0.1) is 6.92 Å². The normalized spacial score (nSPS) is 14.7. The number of carbonyl (C=O) groups excluding carboxylic acids is 1. The number of hydrogen-bond donors (Lipinski definition) is 7. The number of benzene rings is 2. The van der Waals surface area contributed by atoms with Gasteiger partial charge in [-0.05, 0) is 37.6 Å². The minimum absolute atomic E-state index is 0.159. The summed E-state index contributed by atoms with van der Waals surface area (Å²) in [6.07, 6.45) is -6.79. The van der Waals surface area contributed by atoms with Gasteiger partial charge in [0, 0.05) is 31.5 Å². The molecule has 0 spiro atoms. The fourth-order valence-corrected chi connectivity index (χ4v) is 4.26. The molecule has 0 saturated carbocycles. The van der Waals surface area contributed by atoms with Crippen molar-refractivity contribution >= 4 is 28.2 Å². The first-order valence-electron chi connectivity index (χ1n) is 11.8. The SMILES string of the molecule is CCN(C(=O)c1c(O)c2c(N(C)CC(O)C(O)C(O)C(O)CO)ccc(C)c2[nH]c1=O)c1ccccc1. The summed E-state index contributed by atoms with van der Waals surface area (Å²) in [5.74, 6) is -1.23. The maximum absolute atomic E-state index is 13.4. The number of nitrogens with one attached hydrogen (secondary N) is 1. The van der Waals surface area contributed by atoms with Gasteiger partial charge >= 0.3 is 0 Å². The fraction of sp³-hybridized carbons (Fsp3) is 0.385. The van der Waals surface area contributed by atoms with Crippen molar-refractivity contribution in [1.29, 1.82) is 0 Å². The summed E-state index contributed by atoms with van der Waals surface area (Å²) < 4.78 is 0. The number of aromatic amines is 1. The molecule has 0 aliphatic heterocycles. The van der Waals surface area contributed by atoms with E-state index in [2.05, 4.69) is 4.98 Å². The zero-order chi connectivity index (χ0) is 27.4. The lowest BCUT2D eigenvalue weighted by molar-refractivity contribution is -0.112. The number of anilines is 2. The predicted molar refractivity (Wildman–Crippen MR) is 139 cm³/mol. The summed E-state index contributed by atoms with van der Waals surface area (Å²) in [4.78, 5) is 32.0. The molecule has 4 unspecified atom stereocenters. The molecule has 11 nitrogen and oxygen atoms in total. The highest BCUT2D eigenvalue weighted by atomic mass is 16.4. The molecular formula is C26H33N3O8. The first-order valence-corrected chi connectivity index (χ1v) is 11.8. The third-order valence-electron chi connectivity index (χ3n) is 6.37. The molecule has 7 N–H and O–H groups in total. The highest BCUT2D eigenvalue weighted by Crippen LogP contribution is 2.36. The number of aryl methyl sites for hydroxylation is 1. The maximum Gasteiger partial charge on any atom is 0.267 e. The third kappa shape index (κ3) is 5.60. The van der Waals surface area contributed by atoms with Crippen LogP contribution in [0.4, 0.5) is 11.4 Å². The van der Waals surface area contributed by atoms with Gasteiger partial charge < -0.3 is 45.4 Å². The molecular weight excluding hydrogens is 482 g/mol. The van der Waals surface area contributed by atoms with Gasteiger partial charge in [-0.2, -0.15) is 0 Å². The van der Waals surface area contributed by atoms with E-state index in [-0.39, 0.29) is 24.0 Å². The Hall–Kier alpha value is -3.48. The van der Waals surface area contributed by atoms with Gasteiger partial charge in [0.1, 0.15) is 29.6 Å². The number of H-pyrrole nitrogens is 1. The van der Waals surface area contributed by atoms with E-state index in [0.717, 1.165) is 0 Å². The lowest BCUT2D eigenvalue weighted by Crippen LogP contribution is -2.49. The molecule has 4 atom stereocenters. The molecule has 0 fully saturated rings. The number of amides is 1. The molecule has 1 aromatic heterocycles. The Labute approximate surface area is 213 Å². The number of para-hydroxylation sites is 1. The van der Waals surface area contributed by atoms with E-state index in [0.29, 0.717) is 16.9 Å². The molecule has 0 aliphatic carbocycles. The minimum atomic E-state index is -1.80. The number of aromatic nitrogens is 1. The van der Waals surface area contributed by atoms with Crippen LogP contribution in [0.5, 0.6) is 5.75 Å². The number of pyridine rings is 1. The van der Waals surface area contributed by atoms with E-state index in [4.69, 9.17) is 5.11 Å². The van der Waals surface area contributed by atoms with Crippen LogP contribution in [-0.4, -0.2) is 92.7 Å². The van der Waals surface area contributed by atoms with E-state index >= 15 is 0 Å². The largest absolute Gasteiger partial charge is 0.506 e. The molecule has 0 saturated heterocycles. The first kappa shape index (κ1) is 28.1. The summed E-state index contributed by atoms with van der Waals surface area (Å²) in [6.45, 7) is 2.64. The van der Waals surface area contributed by atoms with Gasteiger partial charge in [0.05, 0.1) is 23.6 Å². The van der Waals surface area contributed by atoms with E-state index < -0.39 is 53.8 Å². The number of aromatic hydroxyl groups is 1. The van der Waals surface area contributed by atoms with Gasteiger partial charge in [-0.3, -0.25) is 9.59 Å². The average molecular weight is 516 g/mol. The van der Waals surface area contributed by atoms with Crippen molar-refractivity contribution in [3.8, 4) is 5.75 Å². The van der Waals surface area contributed by atoms with Gasteiger partial charge in [-0.25, -0.2) is 0 Å². The summed E-state index contributed by atoms with van der Waals surface area (Å²) in [7, 11) is 1.54. The van der Waals surface area contributed by atoms with Crippen LogP contribution >= 0.6 is 0 Å². The van der Waals surface area contributed by atoms with Crippen LogP contribution in [0.2, 0.25) is 0 Å². The van der Waals surface area contributed by atoms with E-state index in [1.165, 1.54) is 9.80 Å². The van der Waals surface area contributed by atoms with E-state index in [1.54, 1.807) is 63.4 Å². The quantitative estimate of drug-likeness (QED) is 0.197. The van der Waals surface area contributed by atoms with E-state index in [9.17, 15) is 35.1 Å². The topological polar surface area (TPSA) is 178 Å². The van der Waals surface area contributed by atoms with Crippen molar-refractivity contribution in [3.63, 3.8) is 0 Å². The average Bonchev–Trinajstić information content (AvgIpc) is 2.88. The minimum Gasteiger partial charge on any atom is -0.506 e. The highest BCUT2D eigenvalue weighted by Gasteiger charge is 2.32. The Balaban J connectivity index is 2.07. The van der Waals surface area contributed by atoms with Gasteiger partial charge in [0.2, 0.25) is 0 Å². The second-order valence-corrected chi connectivity index (χ2v) is 8.89. The lowest BCUT2D eigenvalue weighted by atomic mass is 10.0. The van der Waals surface area contributed by atoms with Gasteiger partial charge in [-0.1, -0.05) is 24.3 Å². The van der Waals surface area contributed by atoms with Crippen LogP contribution in [0.25, 0.3) is 10.9 Å². The van der Waals surface area contributed by atoms with Gasteiger partial charge in [0.25, 0.3) is 11.5 Å². The van der Waals surface area contributed by atoms with Crippen molar-refractivity contribution < 1.29 is 35.4 Å². The predicted octanol–water partition coefficient (Wildman–Crippen LogP) is 0.0809. The molecule has 3 aromatic rings. The zero-order valence-electron chi connectivity index (χ0n) is 20.9. The second kappa shape index (κ2) is 11.7. The monoisotopic (exact) mass is 515 g/mol. The summed E-state index contributed by atoms with van der Waals surface area (Å²) >= 11 is 0. The molecule has 1 amide bonds. The smallest absolute Gasteiger partial charge is 0.267 e. The number of hydrogen-bond acceptors (Lipinski definition) is 9. The first-order chi connectivity index (χ1) is 17.5. The molecule has 0 aliphatic rings. The number of rotatable bonds is 10. The molecule has 11 heteroatoms. The zero-order valence-corrected chi connectivity index (χ0v) is 20.9. The van der Waals surface area contributed by atoms with Gasteiger partial charge in [-0.15, -0.1) is 0 Å². The molecule has 2 aromatic carbocycles. The Kier molecular flexibility index (Phi) is 8.89. The number of carbonyl (C=O) groups is 1. The van der Waals surface area contributed by atoms with E-state index in [1.807, 2.05) is 0 Å². The van der Waals surface area contributed by atoms with Crippen molar-refractivity contribution in [2.45, 2.75) is 38.3 Å². The Morgan fingerprint density at radius 1 is 1.00 bits per heavy atom. The Bertz CT molecular complexity index is 1300. The Morgan fingerprint density at radius 2 is 1.62 bits per heavy atom. The van der Waals surface area contributed by atoms with Crippen LogP contribution < -0.4 is 15.4 Å². The molecule has 37 heavy (non-hydrogen) atoms. The van der Waals surface area contributed by atoms with Crippen molar-refractivity contribution in [2.75, 3.05) is 36.5 Å². The summed E-state index contributed by atoms with van der Waals surface area (Å²) in [5.41, 5.74) is 0.586. The second-order valence-electron chi connectivity index (χ2n) is 8.89. The van der Waals surface area contributed by atoms with Crippen molar-refractivity contribution in [1.82, 2.24) is 4.98 Å². The molecule has 1 heterocycles. The van der Waals surface area contributed by atoms with Crippen molar-refractivity contribution in [2.24, 2.45) is 0 Å². The lowest BCUT2D eigenvalue weighted by Gasteiger charge is -2.30. The standard InChI is InChI=1S/C26H33N3O8/c1-4-29(15-8-6-5-7-9-15)26(37)20-24(35)19-16(11-10-14(2)21(19)27-25(20)36)28(3)12-17(31)22(33)23(34)18(32)13-30/h5-11,17-18,22-23,30-34H,4,12-13H2,1-3H3,(H2,27,35,36). The molecule has 3 rings (SSSR count). The third-order valence-corrected chi connectivity index (χ3v) is 6.37. The number of fused-ring (bicyclic) bond motifs is 1. The number of aliphatic hydroxyl groups excluding tert-OH is 5. The fourth-order valence-electron chi connectivity index (χ4n) is 4.26. The summed E-state index contributed by atoms with van der Waals surface area (Å²) in [5, 5.41) is 60.6. The van der Waals surface area contributed by atoms with Gasteiger partial charge in [0.15, 0.2) is 0 Å². The molecule has 200 valence electrons. The molecule has 0 radical (unpaired) electrons. The maximum atomic E-state index is 13.4. The highest BCUT2D eigenvalue weighted by molar-refractivity contribution is 6.12. The van der Waals surface area contributed by atoms with Crippen LogP contribution in [0.3, 0.4) is 0 Å². The number of nitrogens with zero attached hydrogens (tertiary/aromatic N) is 2. The van der Waals surface area contributed by atoms with Crippen LogP contribution in [0.1, 0.15) is 22.8 Å². The van der Waals surface area contributed by atoms with Crippen LogP contribution in [0.15, 0.2) is 47.3 Å². The van der Waals surface area contributed by atoms with Crippen LogP contribution in [-0.2, 0) is 0 Å². The molecule has 0 bridgehead atoms.